The minimum absolute atomic E-state index is 0.139. The van der Waals surface area contributed by atoms with Crippen molar-refractivity contribution in [2.75, 3.05) is 18.4 Å². The summed E-state index contributed by atoms with van der Waals surface area (Å²) in [6, 6.07) is 4.71. The molecule has 4 nitrogen and oxygen atoms in total. The van der Waals surface area contributed by atoms with E-state index in [2.05, 4.69) is 5.32 Å². The Morgan fingerprint density at radius 2 is 2.26 bits per heavy atom. The first kappa shape index (κ1) is 14.4. The highest BCUT2D eigenvalue weighted by molar-refractivity contribution is 6.35. The van der Waals surface area contributed by atoms with Gasteiger partial charge in [0.05, 0.1) is 16.8 Å². The summed E-state index contributed by atoms with van der Waals surface area (Å²) < 4.78 is 0. The van der Waals surface area contributed by atoms with Gasteiger partial charge in [-0.05, 0) is 31.5 Å². The van der Waals surface area contributed by atoms with Crippen LogP contribution in [0.2, 0.25) is 10.0 Å². The van der Waals surface area contributed by atoms with Crippen LogP contribution in [0, 0.1) is 5.92 Å². The minimum atomic E-state index is -0.396. The molecular weight excluding hydrogens is 287 g/mol. The molecule has 0 aliphatic carbocycles. The average molecular weight is 303 g/mol. The number of hydrogen-bond acceptors (Lipinski definition) is 2. The summed E-state index contributed by atoms with van der Waals surface area (Å²) in [6.07, 6.45) is 0.418. The lowest BCUT2D eigenvalue weighted by Crippen LogP contribution is -2.34. The summed E-state index contributed by atoms with van der Waals surface area (Å²) in [5.41, 5.74) is 0.500. The first-order valence-corrected chi connectivity index (χ1v) is 6.92. The van der Waals surface area contributed by atoms with Gasteiger partial charge in [0.2, 0.25) is 0 Å². The van der Waals surface area contributed by atoms with Gasteiger partial charge in [0.25, 0.3) is 0 Å². The van der Waals surface area contributed by atoms with E-state index in [0.29, 0.717) is 28.8 Å². The van der Waals surface area contributed by atoms with Crippen molar-refractivity contribution in [3.8, 4) is 0 Å². The number of nitrogens with one attached hydrogen (secondary N) is 1. The van der Waals surface area contributed by atoms with E-state index in [9.17, 15) is 9.90 Å². The maximum Gasteiger partial charge on any atom is 0.321 e. The Hall–Kier alpha value is -0.970. The zero-order valence-electron chi connectivity index (χ0n) is 10.6. The van der Waals surface area contributed by atoms with Crippen LogP contribution in [0.5, 0.6) is 0 Å². The molecule has 1 aliphatic heterocycles. The van der Waals surface area contributed by atoms with Gasteiger partial charge in [-0.3, -0.25) is 0 Å². The third kappa shape index (κ3) is 3.53. The van der Waals surface area contributed by atoms with Crippen molar-refractivity contribution >= 4 is 34.9 Å². The highest BCUT2D eigenvalue weighted by Crippen LogP contribution is 2.27. The van der Waals surface area contributed by atoms with Crippen LogP contribution in [-0.4, -0.2) is 35.2 Å². The maximum atomic E-state index is 12.1. The number of rotatable bonds is 2. The number of benzene rings is 1. The molecule has 19 heavy (non-hydrogen) atoms. The monoisotopic (exact) mass is 302 g/mol. The van der Waals surface area contributed by atoms with Crippen molar-refractivity contribution < 1.29 is 9.90 Å². The van der Waals surface area contributed by atoms with Gasteiger partial charge in [0.15, 0.2) is 0 Å². The topological polar surface area (TPSA) is 52.6 Å². The van der Waals surface area contributed by atoms with Gasteiger partial charge in [-0.25, -0.2) is 4.79 Å². The molecule has 1 heterocycles. The van der Waals surface area contributed by atoms with Crippen LogP contribution < -0.4 is 5.32 Å². The lowest BCUT2D eigenvalue weighted by Gasteiger charge is -2.19. The van der Waals surface area contributed by atoms with E-state index in [4.69, 9.17) is 23.2 Å². The molecule has 0 bridgehead atoms. The fourth-order valence-corrected chi connectivity index (χ4v) is 2.49. The molecule has 0 spiro atoms. The van der Waals surface area contributed by atoms with E-state index in [-0.39, 0.29) is 11.9 Å². The van der Waals surface area contributed by atoms with Gasteiger partial charge in [-0.15, -0.1) is 0 Å². The average Bonchev–Trinajstić information content (AvgIpc) is 2.83. The van der Waals surface area contributed by atoms with Crippen molar-refractivity contribution in [2.24, 2.45) is 5.92 Å². The normalized spacial score (nSPS) is 20.4. The van der Waals surface area contributed by atoms with Gasteiger partial charge in [0, 0.05) is 24.0 Å². The summed E-state index contributed by atoms with van der Waals surface area (Å²) >= 11 is 11.9. The predicted octanol–water partition coefficient (Wildman–Crippen LogP) is 3.23. The number of anilines is 1. The molecule has 2 amide bonds. The molecule has 1 fully saturated rings. The van der Waals surface area contributed by atoms with E-state index < -0.39 is 6.10 Å². The highest BCUT2D eigenvalue weighted by Gasteiger charge is 2.29. The van der Waals surface area contributed by atoms with Crippen molar-refractivity contribution in [1.82, 2.24) is 4.90 Å². The molecule has 2 unspecified atom stereocenters. The predicted molar refractivity (Wildman–Crippen MR) is 76.8 cm³/mol. The lowest BCUT2D eigenvalue weighted by molar-refractivity contribution is 0.130. The highest BCUT2D eigenvalue weighted by atomic mass is 35.5. The summed E-state index contributed by atoms with van der Waals surface area (Å²) in [5, 5.41) is 13.2. The summed E-state index contributed by atoms with van der Waals surface area (Å²) in [6.45, 7) is 2.95. The number of hydrogen-bond donors (Lipinski definition) is 2. The van der Waals surface area contributed by atoms with Crippen LogP contribution in [0.1, 0.15) is 13.3 Å². The number of urea groups is 1. The molecule has 1 aromatic rings. The van der Waals surface area contributed by atoms with Gasteiger partial charge < -0.3 is 15.3 Å². The first-order chi connectivity index (χ1) is 8.97. The lowest BCUT2D eigenvalue weighted by atomic mass is 10.0. The van der Waals surface area contributed by atoms with Gasteiger partial charge in [0.1, 0.15) is 0 Å². The number of aliphatic hydroxyl groups excluding tert-OH is 1. The van der Waals surface area contributed by atoms with E-state index >= 15 is 0 Å². The fourth-order valence-electron chi connectivity index (χ4n) is 2.15. The molecule has 0 aromatic heterocycles. The maximum absolute atomic E-state index is 12.1. The summed E-state index contributed by atoms with van der Waals surface area (Å²) in [5.74, 6) is 0.139. The molecule has 2 rings (SSSR count). The van der Waals surface area contributed by atoms with Crippen LogP contribution >= 0.6 is 23.2 Å². The van der Waals surface area contributed by atoms with Crippen LogP contribution in [0.3, 0.4) is 0 Å². The Morgan fingerprint density at radius 3 is 2.89 bits per heavy atom. The van der Waals surface area contributed by atoms with Crippen LogP contribution in [-0.2, 0) is 0 Å². The third-order valence-electron chi connectivity index (χ3n) is 3.36. The van der Waals surface area contributed by atoms with E-state index in [1.807, 2.05) is 0 Å². The summed E-state index contributed by atoms with van der Waals surface area (Å²) in [4.78, 5) is 13.8. The van der Waals surface area contributed by atoms with Crippen molar-refractivity contribution in [3.05, 3.63) is 28.2 Å². The Bertz CT molecular complexity index is 480. The zero-order chi connectivity index (χ0) is 14.0. The minimum Gasteiger partial charge on any atom is -0.393 e. The Labute approximate surface area is 122 Å². The molecule has 6 heteroatoms. The first-order valence-electron chi connectivity index (χ1n) is 6.16. The SMILES string of the molecule is CC(O)C1CCN(C(=O)Nc2cc(Cl)ccc2Cl)C1. The summed E-state index contributed by atoms with van der Waals surface area (Å²) in [7, 11) is 0. The quantitative estimate of drug-likeness (QED) is 0.881. The number of carbonyl (C=O) groups is 1. The number of likely N-dealkylation sites (tertiary alicyclic amines) is 1. The van der Waals surface area contributed by atoms with Crippen molar-refractivity contribution in [3.63, 3.8) is 0 Å². The molecule has 2 N–H and O–H groups in total. The molecular formula is C13H16Cl2N2O2. The second-order valence-corrected chi connectivity index (χ2v) is 5.63. The van der Waals surface area contributed by atoms with Crippen LogP contribution in [0.4, 0.5) is 10.5 Å². The molecule has 1 saturated heterocycles. The molecule has 104 valence electrons. The molecule has 0 radical (unpaired) electrons. The fraction of sp³-hybridized carbons (Fsp3) is 0.462. The molecule has 1 aromatic carbocycles. The van der Waals surface area contributed by atoms with Gasteiger partial charge in [-0.1, -0.05) is 23.2 Å². The third-order valence-corrected chi connectivity index (χ3v) is 3.93. The molecule has 1 aliphatic rings. The standard InChI is InChI=1S/C13H16Cl2N2O2/c1-8(18)9-4-5-17(7-9)13(19)16-12-6-10(14)2-3-11(12)15/h2-3,6,8-9,18H,4-5,7H2,1H3,(H,16,19). The number of nitrogens with zero attached hydrogens (tertiary/aromatic N) is 1. The molecule has 2 atom stereocenters. The zero-order valence-corrected chi connectivity index (χ0v) is 12.1. The number of amides is 2. The number of halogens is 2. The Balaban J connectivity index is 2.00. The second kappa shape index (κ2) is 5.99. The number of carbonyl (C=O) groups excluding carboxylic acids is 1. The van der Waals surface area contributed by atoms with Crippen molar-refractivity contribution in [1.29, 1.82) is 0 Å². The van der Waals surface area contributed by atoms with E-state index in [1.165, 1.54) is 0 Å². The van der Waals surface area contributed by atoms with Crippen molar-refractivity contribution in [2.45, 2.75) is 19.4 Å². The smallest absolute Gasteiger partial charge is 0.321 e. The Morgan fingerprint density at radius 1 is 1.53 bits per heavy atom. The molecule has 0 saturated carbocycles. The van der Waals surface area contributed by atoms with Gasteiger partial charge >= 0.3 is 6.03 Å². The Kier molecular flexibility index (Phi) is 4.55. The largest absolute Gasteiger partial charge is 0.393 e. The van der Waals surface area contributed by atoms with E-state index in [0.717, 1.165) is 6.42 Å². The van der Waals surface area contributed by atoms with E-state index in [1.54, 1.807) is 30.0 Å². The van der Waals surface area contributed by atoms with Crippen LogP contribution in [0.25, 0.3) is 0 Å². The van der Waals surface area contributed by atoms with Gasteiger partial charge in [-0.2, -0.15) is 0 Å². The number of aliphatic hydroxyl groups is 1. The van der Waals surface area contributed by atoms with Crippen LogP contribution in [0.15, 0.2) is 18.2 Å². The second-order valence-electron chi connectivity index (χ2n) is 4.79.